The summed E-state index contributed by atoms with van der Waals surface area (Å²) in [6.45, 7) is 1.81. The van der Waals surface area contributed by atoms with Crippen molar-refractivity contribution in [3.8, 4) is 5.75 Å². The van der Waals surface area contributed by atoms with Crippen molar-refractivity contribution in [2.75, 3.05) is 19.8 Å². The van der Waals surface area contributed by atoms with Crippen LogP contribution in [0.2, 0.25) is 0 Å². The molecule has 0 N–H and O–H groups in total. The second-order valence-corrected chi connectivity index (χ2v) is 8.25. The largest absolute Gasteiger partial charge is 0.493 e. The van der Waals surface area contributed by atoms with Crippen LogP contribution < -0.4 is 4.74 Å². The smallest absolute Gasteiger partial charge is 0.410 e. The first-order valence-electron chi connectivity index (χ1n) is 10.6. The Morgan fingerprint density at radius 3 is 2.57 bits per heavy atom. The van der Waals surface area contributed by atoms with Crippen LogP contribution >= 0.6 is 0 Å². The number of hydrogen-bond acceptors (Lipinski definition) is 5. The summed E-state index contributed by atoms with van der Waals surface area (Å²) >= 11 is 0. The van der Waals surface area contributed by atoms with Crippen LogP contribution in [0.4, 0.5) is 4.79 Å². The van der Waals surface area contributed by atoms with Crippen molar-refractivity contribution in [1.29, 1.82) is 0 Å². The lowest BCUT2D eigenvalue weighted by Gasteiger charge is -2.47. The summed E-state index contributed by atoms with van der Waals surface area (Å²) in [5.41, 5.74) is 2.80. The third-order valence-corrected chi connectivity index (χ3v) is 6.28. The maximum Gasteiger partial charge on any atom is 0.410 e. The number of fused-ring (bicyclic) bond motifs is 3. The number of ether oxygens (including phenoxy) is 3. The molecule has 6 heteroatoms. The van der Waals surface area contributed by atoms with Crippen LogP contribution in [0.1, 0.15) is 34.3 Å². The molecule has 2 atom stereocenters. The molecule has 0 spiro atoms. The molecule has 2 fully saturated rings. The molecule has 2 aromatic carbocycles. The summed E-state index contributed by atoms with van der Waals surface area (Å²) in [7, 11) is 0. The summed E-state index contributed by atoms with van der Waals surface area (Å²) < 4.78 is 16.8. The van der Waals surface area contributed by atoms with E-state index in [2.05, 4.69) is 0 Å². The van der Waals surface area contributed by atoms with Crippen molar-refractivity contribution in [2.45, 2.75) is 38.0 Å². The van der Waals surface area contributed by atoms with Gasteiger partial charge in [-0.25, -0.2) is 4.79 Å². The molecule has 2 saturated heterocycles. The number of carbonyl (C=O) groups excluding carboxylic acids is 2. The summed E-state index contributed by atoms with van der Waals surface area (Å²) in [6.07, 6.45) is 1.73. The minimum atomic E-state index is -0.322. The average molecular weight is 407 g/mol. The third kappa shape index (κ3) is 3.67. The first-order chi connectivity index (χ1) is 14.7. The maximum atomic E-state index is 13.2. The monoisotopic (exact) mass is 407 g/mol. The van der Waals surface area contributed by atoms with Gasteiger partial charge in [-0.05, 0) is 42.2 Å². The number of Topliss-reactive ketones (excluding diaryl/α,β-unsaturated/α-hetero) is 1. The van der Waals surface area contributed by atoms with Gasteiger partial charge in [0.05, 0.1) is 31.9 Å². The summed E-state index contributed by atoms with van der Waals surface area (Å²) in [6, 6.07) is 15.1. The van der Waals surface area contributed by atoms with Crippen LogP contribution in [0, 0.1) is 5.92 Å². The number of nitrogens with zero attached hydrogens (tertiary/aromatic N) is 1. The molecule has 3 heterocycles. The Balaban J connectivity index is 1.26. The van der Waals surface area contributed by atoms with Crippen LogP contribution in [-0.4, -0.2) is 48.7 Å². The van der Waals surface area contributed by atoms with E-state index in [9.17, 15) is 9.59 Å². The highest BCUT2D eigenvalue weighted by Gasteiger charge is 2.44. The number of hydrogen-bond donors (Lipinski definition) is 0. The van der Waals surface area contributed by atoms with Gasteiger partial charge in [0.1, 0.15) is 12.4 Å². The molecule has 156 valence electrons. The lowest BCUT2D eigenvalue weighted by atomic mass is 9.80. The first kappa shape index (κ1) is 19.1. The SMILES string of the molecule is O=C(c1ccc2c(c1)CCO2)C1CC2COCC(C1)N2C(=O)OCc1ccccc1. The van der Waals surface area contributed by atoms with E-state index in [0.29, 0.717) is 32.7 Å². The molecule has 5 rings (SSSR count). The van der Waals surface area contributed by atoms with Gasteiger partial charge >= 0.3 is 6.09 Å². The first-order valence-corrected chi connectivity index (χ1v) is 10.6. The Morgan fingerprint density at radius 1 is 1.03 bits per heavy atom. The molecule has 2 bridgehead atoms. The summed E-state index contributed by atoms with van der Waals surface area (Å²) in [5.74, 6) is 0.925. The number of rotatable bonds is 4. The maximum absolute atomic E-state index is 13.2. The molecule has 30 heavy (non-hydrogen) atoms. The van der Waals surface area contributed by atoms with Gasteiger partial charge in [0.15, 0.2) is 5.78 Å². The molecule has 2 unspecified atom stereocenters. The number of ketones is 1. The van der Waals surface area contributed by atoms with Gasteiger partial charge in [-0.1, -0.05) is 30.3 Å². The second-order valence-electron chi connectivity index (χ2n) is 8.25. The lowest BCUT2D eigenvalue weighted by molar-refractivity contribution is -0.0755. The molecule has 0 radical (unpaired) electrons. The highest BCUT2D eigenvalue weighted by Crippen LogP contribution is 2.35. The van der Waals surface area contributed by atoms with Crippen LogP contribution in [0.15, 0.2) is 48.5 Å². The molecule has 1 amide bonds. The fraction of sp³-hybridized carbons (Fsp3) is 0.417. The highest BCUT2D eigenvalue weighted by atomic mass is 16.6. The van der Waals surface area contributed by atoms with E-state index in [4.69, 9.17) is 14.2 Å². The van der Waals surface area contributed by atoms with Crippen molar-refractivity contribution in [3.63, 3.8) is 0 Å². The zero-order valence-electron chi connectivity index (χ0n) is 16.8. The zero-order valence-corrected chi connectivity index (χ0v) is 16.8. The number of carbonyl (C=O) groups is 2. The van der Waals surface area contributed by atoms with E-state index in [0.717, 1.165) is 28.9 Å². The van der Waals surface area contributed by atoms with Gasteiger partial charge in [-0.2, -0.15) is 0 Å². The third-order valence-electron chi connectivity index (χ3n) is 6.28. The topological polar surface area (TPSA) is 65.1 Å². The van der Waals surface area contributed by atoms with Crippen molar-refractivity contribution < 1.29 is 23.8 Å². The Hall–Kier alpha value is -2.86. The summed E-state index contributed by atoms with van der Waals surface area (Å²) in [5, 5.41) is 0. The van der Waals surface area contributed by atoms with Crippen LogP contribution in [0.5, 0.6) is 5.75 Å². The van der Waals surface area contributed by atoms with Gasteiger partial charge in [0, 0.05) is 17.9 Å². The van der Waals surface area contributed by atoms with E-state index >= 15 is 0 Å². The minimum Gasteiger partial charge on any atom is -0.493 e. The van der Waals surface area contributed by atoms with E-state index in [-0.39, 0.29) is 36.5 Å². The van der Waals surface area contributed by atoms with Crippen molar-refractivity contribution in [1.82, 2.24) is 4.90 Å². The van der Waals surface area contributed by atoms with Gasteiger partial charge < -0.3 is 14.2 Å². The number of morpholine rings is 1. The lowest BCUT2D eigenvalue weighted by Crippen LogP contribution is -2.59. The van der Waals surface area contributed by atoms with Gasteiger partial charge in [-0.15, -0.1) is 0 Å². The van der Waals surface area contributed by atoms with Crippen molar-refractivity contribution in [2.24, 2.45) is 5.92 Å². The molecular formula is C24H25NO5. The van der Waals surface area contributed by atoms with Gasteiger partial charge in [0.2, 0.25) is 0 Å². The Labute approximate surface area is 175 Å². The molecule has 3 aliphatic heterocycles. The Bertz CT molecular complexity index is 930. The molecule has 0 aromatic heterocycles. The highest BCUT2D eigenvalue weighted by molar-refractivity contribution is 5.98. The average Bonchev–Trinajstić information content (AvgIpc) is 3.24. The predicted molar refractivity (Wildman–Crippen MR) is 110 cm³/mol. The van der Waals surface area contributed by atoms with E-state index in [1.165, 1.54) is 0 Å². The number of benzene rings is 2. The van der Waals surface area contributed by atoms with Crippen LogP contribution in [-0.2, 0) is 22.5 Å². The van der Waals surface area contributed by atoms with E-state index in [1.54, 1.807) is 4.90 Å². The van der Waals surface area contributed by atoms with E-state index in [1.807, 2.05) is 48.5 Å². The standard InChI is InChI=1S/C24H25NO5/c26-23(18-6-7-22-17(10-18)8-9-29-22)19-11-20-14-28-15-21(12-19)25(20)24(27)30-13-16-4-2-1-3-5-16/h1-7,10,19-21H,8-9,11-15H2. The fourth-order valence-corrected chi connectivity index (χ4v) is 4.80. The normalized spacial score (nSPS) is 24.7. The van der Waals surface area contributed by atoms with Gasteiger partial charge in [-0.3, -0.25) is 9.69 Å². The van der Waals surface area contributed by atoms with Crippen LogP contribution in [0.25, 0.3) is 0 Å². The van der Waals surface area contributed by atoms with Gasteiger partial charge in [0.25, 0.3) is 0 Å². The van der Waals surface area contributed by atoms with Crippen molar-refractivity contribution in [3.05, 3.63) is 65.2 Å². The number of piperidine rings is 1. The Kier molecular flexibility index (Phi) is 5.17. The predicted octanol–water partition coefficient (Wildman–Crippen LogP) is 3.62. The van der Waals surface area contributed by atoms with Crippen molar-refractivity contribution >= 4 is 11.9 Å². The second kappa shape index (κ2) is 8.11. The minimum absolute atomic E-state index is 0.109. The molecule has 0 aliphatic carbocycles. The molecule has 6 nitrogen and oxygen atoms in total. The summed E-state index contributed by atoms with van der Waals surface area (Å²) in [4.78, 5) is 27.8. The van der Waals surface area contributed by atoms with Crippen LogP contribution in [0.3, 0.4) is 0 Å². The van der Waals surface area contributed by atoms with E-state index < -0.39 is 0 Å². The fourth-order valence-electron chi connectivity index (χ4n) is 4.80. The quantitative estimate of drug-likeness (QED) is 0.725. The molecular weight excluding hydrogens is 382 g/mol. The molecule has 3 aliphatic rings. The molecule has 0 saturated carbocycles. The zero-order chi connectivity index (χ0) is 20.5. The molecule has 2 aromatic rings. The number of amides is 1. The Morgan fingerprint density at radius 2 is 1.80 bits per heavy atom.